The van der Waals surface area contributed by atoms with Gasteiger partial charge in [0.05, 0.1) is 12.7 Å². The molecule has 2 aromatic rings. The summed E-state index contributed by atoms with van der Waals surface area (Å²) in [5.41, 5.74) is 3.30. The average molecular weight is 387 g/mol. The van der Waals surface area contributed by atoms with Crippen molar-refractivity contribution in [1.29, 1.82) is 0 Å². The summed E-state index contributed by atoms with van der Waals surface area (Å²) < 4.78 is 27.5. The third-order valence-electron chi connectivity index (χ3n) is 4.17. The minimum Gasteiger partial charge on any atom is -0.289 e. The average Bonchev–Trinajstić information content (AvgIpc) is 2.67. The smallest absolute Gasteiger partial charge is 0.261 e. The Labute approximate surface area is 160 Å². The van der Waals surface area contributed by atoms with Crippen LogP contribution >= 0.6 is 0 Å². The lowest BCUT2D eigenvalue weighted by molar-refractivity contribution is -0.133. The largest absolute Gasteiger partial charge is 0.289 e. The second kappa shape index (κ2) is 9.64. The zero-order valence-electron chi connectivity index (χ0n) is 15.1. The number of hydroxylamine groups is 1. The highest BCUT2D eigenvalue weighted by molar-refractivity contribution is 7.89. The molecule has 9 heteroatoms. The van der Waals surface area contributed by atoms with Gasteiger partial charge >= 0.3 is 0 Å². The number of carbonyl (C=O) groups is 1. The summed E-state index contributed by atoms with van der Waals surface area (Å²) in [6.07, 6.45) is 3.79. The summed E-state index contributed by atoms with van der Waals surface area (Å²) in [7, 11) is 1.60. The van der Waals surface area contributed by atoms with Crippen molar-refractivity contribution in [3.63, 3.8) is 0 Å². The molecule has 0 fully saturated rings. The first-order chi connectivity index (χ1) is 12.9. The number of nitrogens with zero attached hydrogens (tertiary/aromatic N) is 2. The molecule has 0 bridgehead atoms. The van der Waals surface area contributed by atoms with Gasteiger partial charge in [-0.15, -0.1) is 0 Å². The summed E-state index contributed by atoms with van der Waals surface area (Å²) in [4.78, 5) is 16.2. The van der Waals surface area contributed by atoms with Crippen LogP contribution < -0.4 is 5.48 Å². The van der Waals surface area contributed by atoms with Crippen LogP contribution in [0.3, 0.4) is 0 Å². The zero-order valence-corrected chi connectivity index (χ0v) is 15.9. The van der Waals surface area contributed by atoms with Crippen molar-refractivity contribution in [1.82, 2.24) is 14.8 Å². The first-order valence-corrected chi connectivity index (χ1v) is 9.95. The number of pyridine rings is 1. The van der Waals surface area contributed by atoms with Gasteiger partial charge in [-0.05, 0) is 43.5 Å². The summed E-state index contributed by atoms with van der Waals surface area (Å²) in [5.74, 6) is -0.817. The Morgan fingerprint density at radius 2 is 2.00 bits per heavy atom. The molecular weight excluding hydrogens is 365 g/mol. The van der Waals surface area contributed by atoms with Crippen LogP contribution in [-0.4, -0.2) is 49.3 Å². The molecule has 0 saturated heterocycles. The SMILES string of the molecule is [B]CC[C@H](C(=O)NO)N(CCc1cccnc1)S(=O)(=O)c1ccc(C)cc1. The molecule has 0 spiro atoms. The van der Waals surface area contributed by atoms with E-state index in [0.717, 1.165) is 15.4 Å². The number of hydrogen-bond donors (Lipinski definition) is 2. The van der Waals surface area contributed by atoms with Gasteiger partial charge in [-0.25, -0.2) is 13.9 Å². The number of rotatable bonds is 9. The van der Waals surface area contributed by atoms with Crippen molar-refractivity contribution in [2.24, 2.45) is 0 Å². The Morgan fingerprint density at radius 3 is 2.56 bits per heavy atom. The van der Waals surface area contributed by atoms with E-state index in [4.69, 9.17) is 13.1 Å². The van der Waals surface area contributed by atoms with Gasteiger partial charge in [-0.3, -0.25) is 15.0 Å². The number of aromatic nitrogens is 1. The molecule has 1 amide bonds. The van der Waals surface area contributed by atoms with Gasteiger partial charge < -0.3 is 0 Å². The number of hydrogen-bond acceptors (Lipinski definition) is 5. The molecule has 1 atom stereocenters. The number of carbonyl (C=O) groups excluding carboxylic acids is 1. The maximum Gasteiger partial charge on any atom is 0.261 e. The first kappa shape index (κ1) is 21.1. The van der Waals surface area contributed by atoms with Crippen molar-refractivity contribution in [2.45, 2.75) is 37.0 Å². The van der Waals surface area contributed by atoms with Crippen molar-refractivity contribution in [2.75, 3.05) is 6.54 Å². The van der Waals surface area contributed by atoms with Crippen LogP contribution in [-0.2, 0) is 21.2 Å². The minimum absolute atomic E-state index is 0.0417. The third kappa shape index (κ3) is 5.38. The van der Waals surface area contributed by atoms with E-state index in [-0.39, 0.29) is 24.2 Å². The molecule has 1 heterocycles. The molecule has 2 rings (SSSR count). The highest BCUT2D eigenvalue weighted by atomic mass is 32.2. The summed E-state index contributed by atoms with van der Waals surface area (Å²) >= 11 is 0. The van der Waals surface area contributed by atoms with Gasteiger partial charge in [-0.2, -0.15) is 4.31 Å². The van der Waals surface area contributed by atoms with E-state index in [1.54, 1.807) is 36.1 Å². The molecule has 2 radical (unpaired) electrons. The predicted molar refractivity (Wildman–Crippen MR) is 102 cm³/mol. The Balaban J connectivity index is 2.40. The Kier molecular flexibility index (Phi) is 7.52. The molecule has 1 aromatic heterocycles. The zero-order chi connectivity index (χ0) is 19.9. The number of benzene rings is 1. The number of nitrogens with one attached hydrogen (secondary N) is 1. The lowest BCUT2D eigenvalue weighted by Crippen LogP contribution is -2.49. The molecule has 7 nitrogen and oxygen atoms in total. The van der Waals surface area contributed by atoms with Crippen molar-refractivity contribution in [3.05, 3.63) is 59.9 Å². The minimum atomic E-state index is -3.98. The van der Waals surface area contributed by atoms with E-state index in [1.165, 1.54) is 12.1 Å². The number of amides is 1. The van der Waals surface area contributed by atoms with E-state index in [9.17, 15) is 13.2 Å². The predicted octanol–water partition coefficient (Wildman–Crippen LogP) is 1.47. The molecule has 142 valence electrons. The van der Waals surface area contributed by atoms with Crippen LogP contribution in [0, 0.1) is 6.92 Å². The van der Waals surface area contributed by atoms with Gasteiger partial charge in [0.2, 0.25) is 10.0 Å². The van der Waals surface area contributed by atoms with Gasteiger partial charge in [0.25, 0.3) is 5.91 Å². The van der Waals surface area contributed by atoms with Crippen LogP contribution in [0.2, 0.25) is 6.32 Å². The van der Waals surface area contributed by atoms with Crippen LogP contribution in [0.15, 0.2) is 53.7 Å². The molecular formula is C18H22BN3O4S. The molecule has 0 aliphatic heterocycles. The maximum atomic E-state index is 13.2. The van der Waals surface area contributed by atoms with Gasteiger partial charge in [0.1, 0.15) is 6.04 Å². The van der Waals surface area contributed by atoms with Crippen LogP contribution in [0.4, 0.5) is 0 Å². The normalized spacial score (nSPS) is 12.7. The summed E-state index contributed by atoms with van der Waals surface area (Å²) in [6, 6.07) is 8.84. The van der Waals surface area contributed by atoms with Crippen molar-refractivity contribution < 1.29 is 18.4 Å². The number of sulfonamides is 1. The Bertz CT molecular complexity index is 845. The molecule has 27 heavy (non-hydrogen) atoms. The van der Waals surface area contributed by atoms with E-state index in [2.05, 4.69) is 4.98 Å². The standard InChI is InChI=1S/C18H22BN3O4S/c1-14-4-6-16(7-5-14)27(25,26)22(17(8-10-19)18(23)21-24)12-9-15-3-2-11-20-13-15/h2-7,11,13,17,24H,8-10,12H2,1H3,(H,21,23)/t17-/m1/s1. The summed E-state index contributed by atoms with van der Waals surface area (Å²) in [5, 5.41) is 9.07. The maximum absolute atomic E-state index is 13.2. The van der Waals surface area contributed by atoms with Crippen LogP contribution in [0.1, 0.15) is 17.5 Å². The quantitative estimate of drug-likeness (QED) is 0.386. The molecule has 2 N–H and O–H groups in total. The molecule has 0 unspecified atom stereocenters. The van der Waals surface area contributed by atoms with E-state index < -0.39 is 22.0 Å². The fraction of sp³-hybridized carbons (Fsp3) is 0.333. The fourth-order valence-electron chi connectivity index (χ4n) is 2.71. The van der Waals surface area contributed by atoms with Crippen LogP contribution in [0.5, 0.6) is 0 Å². The third-order valence-corrected chi connectivity index (χ3v) is 6.09. The van der Waals surface area contributed by atoms with Crippen LogP contribution in [0.25, 0.3) is 0 Å². The topological polar surface area (TPSA) is 99.6 Å². The van der Waals surface area contributed by atoms with E-state index >= 15 is 0 Å². The monoisotopic (exact) mass is 387 g/mol. The molecule has 1 aromatic carbocycles. The second-order valence-electron chi connectivity index (χ2n) is 6.11. The Hall–Kier alpha value is -2.23. The highest BCUT2D eigenvalue weighted by Crippen LogP contribution is 2.22. The highest BCUT2D eigenvalue weighted by Gasteiger charge is 2.35. The number of aryl methyl sites for hydroxylation is 1. The second-order valence-corrected chi connectivity index (χ2v) is 8.00. The van der Waals surface area contributed by atoms with Crippen molar-refractivity contribution in [3.8, 4) is 0 Å². The lowest BCUT2D eigenvalue weighted by Gasteiger charge is -2.29. The first-order valence-electron chi connectivity index (χ1n) is 8.51. The van der Waals surface area contributed by atoms with Gasteiger partial charge in [0.15, 0.2) is 0 Å². The van der Waals surface area contributed by atoms with E-state index in [1.807, 2.05) is 13.0 Å². The molecule has 0 aliphatic carbocycles. The van der Waals surface area contributed by atoms with Crippen molar-refractivity contribution >= 4 is 23.8 Å². The fourth-order valence-corrected chi connectivity index (χ4v) is 4.33. The molecule has 0 aliphatic rings. The summed E-state index contributed by atoms with van der Waals surface area (Å²) in [6.45, 7) is 1.90. The van der Waals surface area contributed by atoms with Gasteiger partial charge in [0, 0.05) is 18.9 Å². The Morgan fingerprint density at radius 1 is 1.30 bits per heavy atom. The van der Waals surface area contributed by atoms with E-state index in [0.29, 0.717) is 6.42 Å². The molecule has 0 saturated carbocycles. The van der Waals surface area contributed by atoms with Gasteiger partial charge in [-0.1, -0.05) is 30.1 Å². The lowest BCUT2D eigenvalue weighted by atomic mass is 9.97.